The van der Waals surface area contributed by atoms with Crippen molar-refractivity contribution in [2.24, 2.45) is 5.92 Å². The highest BCUT2D eigenvalue weighted by molar-refractivity contribution is 6.32. The monoisotopic (exact) mass is 306 g/mol. The first-order valence-electron chi connectivity index (χ1n) is 6.93. The van der Waals surface area contributed by atoms with E-state index in [1.165, 1.54) is 0 Å². The number of pyridine rings is 1. The van der Waals surface area contributed by atoms with Gasteiger partial charge in [0.05, 0.1) is 23.7 Å². The fourth-order valence-electron chi connectivity index (χ4n) is 3.31. The minimum atomic E-state index is -0.248. The van der Waals surface area contributed by atoms with Gasteiger partial charge in [-0.15, -0.1) is 10.2 Å². The lowest BCUT2D eigenvalue weighted by Crippen LogP contribution is -2.36. The molecule has 2 saturated heterocycles. The minimum absolute atomic E-state index is 0.248. The largest absolute Gasteiger partial charge is 0.425 e. The fraction of sp³-hybridized carbons (Fsp3) is 0.500. The molecule has 2 fully saturated rings. The Balaban J connectivity index is 1.71. The van der Waals surface area contributed by atoms with E-state index in [-0.39, 0.29) is 5.41 Å². The van der Waals surface area contributed by atoms with E-state index in [1.54, 1.807) is 13.1 Å². The number of aromatic nitrogens is 3. The second-order valence-electron chi connectivity index (χ2n) is 5.68. The van der Waals surface area contributed by atoms with Crippen LogP contribution < -0.4 is 4.90 Å². The van der Waals surface area contributed by atoms with Crippen LogP contribution in [0.5, 0.6) is 0 Å². The van der Waals surface area contributed by atoms with Gasteiger partial charge in [-0.1, -0.05) is 11.6 Å². The van der Waals surface area contributed by atoms with Gasteiger partial charge >= 0.3 is 0 Å². The summed E-state index contributed by atoms with van der Waals surface area (Å²) >= 11 is 6.27. The number of anilines is 1. The summed E-state index contributed by atoms with van der Waals surface area (Å²) in [5, 5.41) is 8.87. The Morgan fingerprint density at radius 1 is 1.43 bits per heavy atom. The van der Waals surface area contributed by atoms with E-state index in [0.29, 0.717) is 35.9 Å². The van der Waals surface area contributed by atoms with Crippen molar-refractivity contribution in [1.82, 2.24) is 15.2 Å². The third-order valence-electron chi connectivity index (χ3n) is 4.36. The predicted octanol–water partition coefficient (Wildman–Crippen LogP) is 1.83. The van der Waals surface area contributed by atoms with Crippen LogP contribution >= 0.6 is 11.6 Å². The first-order valence-corrected chi connectivity index (χ1v) is 7.31. The molecule has 2 aromatic heterocycles. The number of aryl methyl sites for hydroxylation is 1. The van der Waals surface area contributed by atoms with Gasteiger partial charge in [0, 0.05) is 32.1 Å². The Bertz CT molecular complexity index is 676. The highest BCUT2D eigenvalue weighted by Crippen LogP contribution is 2.45. The average Bonchev–Trinajstić information content (AvgIpc) is 3.12. The Hall–Kier alpha value is -1.66. The maximum absolute atomic E-state index is 6.27. The molecule has 4 heterocycles. The van der Waals surface area contributed by atoms with E-state index in [9.17, 15) is 0 Å². The molecule has 0 unspecified atom stereocenters. The van der Waals surface area contributed by atoms with Crippen LogP contribution in [0.2, 0.25) is 5.02 Å². The summed E-state index contributed by atoms with van der Waals surface area (Å²) in [7, 11) is 0. The molecule has 0 amide bonds. The Morgan fingerprint density at radius 3 is 3.10 bits per heavy atom. The van der Waals surface area contributed by atoms with Crippen LogP contribution in [0.3, 0.4) is 0 Å². The fourth-order valence-corrected chi connectivity index (χ4v) is 3.55. The number of nitrogens with zero attached hydrogens (tertiary/aromatic N) is 4. The second kappa shape index (κ2) is 4.68. The van der Waals surface area contributed by atoms with Gasteiger partial charge in [0.2, 0.25) is 11.8 Å². The van der Waals surface area contributed by atoms with Crippen molar-refractivity contribution in [2.75, 3.05) is 31.2 Å². The van der Waals surface area contributed by atoms with Crippen LogP contribution in [-0.2, 0) is 10.2 Å². The van der Waals surface area contributed by atoms with Gasteiger partial charge in [-0.05, 0) is 12.1 Å². The molecule has 0 radical (unpaired) electrons. The molecule has 2 aliphatic rings. The van der Waals surface area contributed by atoms with E-state index in [4.69, 9.17) is 20.8 Å². The zero-order valence-corrected chi connectivity index (χ0v) is 12.4. The highest BCUT2D eigenvalue weighted by atomic mass is 35.5. The van der Waals surface area contributed by atoms with Crippen LogP contribution in [0.25, 0.3) is 0 Å². The summed E-state index contributed by atoms with van der Waals surface area (Å²) < 4.78 is 11.4. The van der Waals surface area contributed by atoms with Crippen molar-refractivity contribution in [3.8, 4) is 0 Å². The molecule has 110 valence electrons. The first kappa shape index (κ1) is 13.0. The van der Waals surface area contributed by atoms with Gasteiger partial charge in [0.25, 0.3) is 0 Å². The van der Waals surface area contributed by atoms with E-state index in [1.807, 2.05) is 12.1 Å². The third-order valence-corrected chi connectivity index (χ3v) is 4.66. The molecular weight excluding hydrogens is 292 g/mol. The maximum Gasteiger partial charge on any atom is 0.227 e. The molecule has 2 atom stereocenters. The predicted molar refractivity (Wildman–Crippen MR) is 76.5 cm³/mol. The highest BCUT2D eigenvalue weighted by Gasteiger charge is 2.55. The zero-order chi connectivity index (χ0) is 14.4. The summed E-state index contributed by atoms with van der Waals surface area (Å²) in [6, 6.07) is 3.70. The van der Waals surface area contributed by atoms with Crippen LogP contribution in [0.1, 0.15) is 11.8 Å². The Kier molecular flexibility index (Phi) is 2.90. The molecule has 0 bridgehead atoms. The van der Waals surface area contributed by atoms with Gasteiger partial charge in [-0.3, -0.25) is 0 Å². The number of hydrogen-bond donors (Lipinski definition) is 0. The zero-order valence-electron chi connectivity index (χ0n) is 11.6. The molecule has 0 aromatic carbocycles. The normalized spacial score (nSPS) is 28.1. The topological polar surface area (TPSA) is 64.3 Å². The number of rotatable bonds is 2. The standard InChI is InChI=1S/C14H15ClN4O2/c1-9-17-18-13(21-9)14-7-19(5-10(14)6-20-8-14)12-11(15)3-2-4-16-12/h2-4,10H,5-8H2,1H3/t10-,14-/m0/s1. The van der Waals surface area contributed by atoms with Crippen LogP contribution in [0.15, 0.2) is 22.7 Å². The average molecular weight is 307 g/mol. The SMILES string of the molecule is Cc1nnc([C@@]23COC[C@@H]2CN(c2ncccc2Cl)C3)o1. The van der Waals surface area contributed by atoms with Crippen molar-refractivity contribution >= 4 is 17.4 Å². The number of ether oxygens (including phenoxy) is 1. The summed E-state index contributed by atoms with van der Waals surface area (Å²) in [6.07, 6.45) is 1.76. The van der Waals surface area contributed by atoms with E-state index in [2.05, 4.69) is 20.1 Å². The molecule has 2 aromatic rings. The summed E-state index contributed by atoms with van der Waals surface area (Å²) in [6.45, 7) is 4.66. The summed E-state index contributed by atoms with van der Waals surface area (Å²) in [4.78, 5) is 6.59. The van der Waals surface area contributed by atoms with Gasteiger partial charge in [0.15, 0.2) is 0 Å². The Labute approximate surface area is 127 Å². The van der Waals surface area contributed by atoms with Crippen LogP contribution in [0, 0.1) is 12.8 Å². The molecule has 0 spiro atoms. The van der Waals surface area contributed by atoms with Crippen molar-refractivity contribution in [1.29, 1.82) is 0 Å². The van der Waals surface area contributed by atoms with Crippen molar-refractivity contribution < 1.29 is 9.15 Å². The maximum atomic E-state index is 6.27. The lowest BCUT2D eigenvalue weighted by atomic mass is 9.81. The Morgan fingerprint density at radius 2 is 2.33 bits per heavy atom. The second-order valence-corrected chi connectivity index (χ2v) is 6.09. The minimum Gasteiger partial charge on any atom is -0.425 e. The summed E-state index contributed by atoms with van der Waals surface area (Å²) in [5.74, 6) is 2.37. The lowest BCUT2D eigenvalue weighted by Gasteiger charge is -2.23. The van der Waals surface area contributed by atoms with E-state index < -0.39 is 0 Å². The van der Waals surface area contributed by atoms with Gasteiger partial charge in [-0.25, -0.2) is 4.98 Å². The van der Waals surface area contributed by atoms with Crippen LogP contribution in [-0.4, -0.2) is 41.5 Å². The van der Waals surface area contributed by atoms with Crippen LogP contribution in [0.4, 0.5) is 5.82 Å². The molecular formula is C14H15ClN4O2. The smallest absolute Gasteiger partial charge is 0.227 e. The van der Waals surface area contributed by atoms with Crippen molar-refractivity contribution in [3.63, 3.8) is 0 Å². The number of fused-ring (bicyclic) bond motifs is 1. The number of hydrogen-bond acceptors (Lipinski definition) is 6. The molecule has 7 heteroatoms. The van der Waals surface area contributed by atoms with Gasteiger partial charge < -0.3 is 14.1 Å². The lowest BCUT2D eigenvalue weighted by molar-refractivity contribution is 0.166. The number of halogens is 1. The first-order chi connectivity index (χ1) is 10.2. The van der Waals surface area contributed by atoms with Crippen molar-refractivity contribution in [3.05, 3.63) is 35.1 Å². The van der Waals surface area contributed by atoms with Gasteiger partial charge in [-0.2, -0.15) is 0 Å². The van der Waals surface area contributed by atoms with E-state index >= 15 is 0 Å². The molecule has 0 saturated carbocycles. The van der Waals surface area contributed by atoms with Gasteiger partial charge in [0.1, 0.15) is 5.82 Å². The third kappa shape index (κ3) is 1.93. The summed E-state index contributed by atoms with van der Waals surface area (Å²) in [5.41, 5.74) is -0.248. The molecule has 0 aliphatic carbocycles. The molecule has 2 aliphatic heterocycles. The molecule has 0 N–H and O–H groups in total. The molecule has 4 rings (SSSR count). The molecule has 21 heavy (non-hydrogen) atoms. The van der Waals surface area contributed by atoms with Crippen molar-refractivity contribution in [2.45, 2.75) is 12.3 Å². The molecule has 6 nitrogen and oxygen atoms in total. The van der Waals surface area contributed by atoms with E-state index in [0.717, 1.165) is 18.9 Å². The quantitative estimate of drug-likeness (QED) is 0.843.